The van der Waals surface area contributed by atoms with Crippen molar-refractivity contribution in [2.75, 3.05) is 46.9 Å². The van der Waals surface area contributed by atoms with E-state index in [0.717, 1.165) is 11.8 Å². The van der Waals surface area contributed by atoms with Crippen LogP contribution in [0.1, 0.15) is 5.56 Å². The first-order valence-electron chi connectivity index (χ1n) is 7.46. The first-order valence-corrected chi connectivity index (χ1v) is 7.46. The highest BCUT2D eigenvalue weighted by Crippen LogP contribution is 2.25. The van der Waals surface area contributed by atoms with Crippen LogP contribution in [-0.4, -0.2) is 69.1 Å². The van der Waals surface area contributed by atoms with Crippen LogP contribution in [0.2, 0.25) is 0 Å². The van der Waals surface area contributed by atoms with Gasteiger partial charge < -0.3 is 23.9 Å². The van der Waals surface area contributed by atoms with Crippen LogP contribution in [0.15, 0.2) is 18.2 Å². The van der Waals surface area contributed by atoms with E-state index in [9.17, 15) is 9.59 Å². The van der Waals surface area contributed by atoms with Gasteiger partial charge in [0.25, 0.3) is 0 Å². The van der Waals surface area contributed by atoms with Gasteiger partial charge in [-0.2, -0.15) is 0 Å². The van der Waals surface area contributed by atoms with Crippen molar-refractivity contribution in [2.45, 2.75) is 6.61 Å². The Morgan fingerprint density at radius 3 is 2.52 bits per heavy atom. The lowest BCUT2D eigenvalue weighted by Gasteiger charge is -2.32. The summed E-state index contributed by atoms with van der Waals surface area (Å²) < 4.78 is 15.8. The van der Waals surface area contributed by atoms with E-state index in [-0.39, 0.29) is 12.7 Å². The number of aldehydes is 1. The monoisotopic (exact) mass is 322 g/mol. The van der Waals surface area contributed by atoms with Gasteiger partial charge in [0.2, 0.25) is 0 Å². The fraction of sp³-hybridized carbons (Fsp3) is 0.500. The molecule has 2 rings (SSSR count). The number of carbonyl (C=O) groups is 2. The lowest BCUT2D eigenvalue weighted by atomic mass is 10.2. The van der Waals surface area contributed by atoms with E-state index in [2.05, 4.69) is 0 Å². The number of hydrogen-bond acceptors (Lipinski definition) is 6. The fourth-order valence-corrected chi connectivity index (χ4v) is 2.42. The third-order valence-corrected chi connectivity index (χ3v) is 3.81. The van der Waals surface area contributed by atoms with Crippen LogP contribution in [0.5, 0.6) is 11.5 Å². The van der Waals surface area contributed by atoms with Crippen molar-refractivity contribution in [3.63, 3.8) is 0 Å². The lowest BCUT2D eigenvalue weighted by molar-refractivity contribution is -0.109. The standard InChI is InChI=1S/C16H22N2O5/c1-21-14-4-3-13(15(11-14)22-2)12-23-16(20)18-7-5-17(6-8-18)9-10-19/h3-4,10-11H,5-9,12H2,1-2H3. The van der Waals surface area contributed by atoms with Crippen molar-refractivity contribution in [3.05, 3.63) is 23.8 Å². The molecule has 0 aliphatic carbocycles. The predicted molar refractivity (Wildman–Crippen MR) is 83.8 cm³/mol. The zero-order chi connectivity index (χ0) is 16.7. The third-order valence-electron chi connectivity index (χ3n) is 3.81. The number of methoxy groups -OCH3 is 2. The van der Waals surface area contributed by atoms with Crippen LogP contribution < -0.4 is 9.47 Å². The Bertz CT molecular complexity index is 541. The SMILES string of the molecule is COc1ccc(COC(=O)N2CCN(CC=O)CC2)c(OC)c1. The second-order valence-electron chi connectivity index (χ2n) is 5.19. The second kappa shape index (κ2) is 8.38. The highest BCUT2D eigenvalue weighted by molar-refractivity contribution is 5.68. The zero-order valence-electron chi connectivity index (χ0n) is 13.5. The Hall–Kier alpha value is -2.28. The molecule has 23 heavy (non-hydrogen) atoms. The van der Waals surface area contributed by atoms with Crippen molar-refractivity contribution >= 4 is 12.4 Å². The van der Waals surface area contributed by atoms with Crippen LogP contribution in [0, 0.1) is 0 Å². The highest BCUT2D eigenvalue weighted by Gasteiger charge is 2.22. The Labute approximate surface area is 135 Å². The van der Waals surface area contributed by atoms with E-state index in [0.29, 0.717) is 44.2 Å². The normalized spacial score (nSPS) is 15.1. The number of nitrogens with zero attached hydrogens (tertiary/aromatic N) is 2. The maximum Gasteiger partial charge on any atom is 0.410 e. The summed E-state index contributed by atoms with van der Waals surface area (Å²) in [5, 5.41) is 0. The number of benzene rings is 1. The molecule has 1 aromatic rings. The van der Waals surface area contributed by atoms with Crippen molar-refractivity contribution in [1.82, 2.24) is 9.80 Å². The molecule has 0 spiro atoms. The molecule has 1 aliphatic heterocycles. The maximum absolute atomic E-state index is 12.1. The molecule has 1 fully saturated rings. The Kier molecular flexibility index (Phi) is 6.22. The van der Waals surface area contributed by atoms with E-state index in [1.807, 2.05) is 11.0 Å². The van der Waals surface area contributed by atoms with Crippen LogP contribution in [-0.2, 0) is 16.1 Å². The molecule has 1 saturated heterocycles. The predicted octanol–water partition coefficient (Wildman–Crippen LogP) is 1.16. The quantitative estimate of drug-likeness (QED) is 0.732. The molecule has 1 aliphatic rings. The highest BCUT2D eigenvalue weighted by atomic mass is 16.6. The molecule has 0 saturated carbocycles. The summed E-state index contributed by atoms with van der Waals surface area (Å²) in [6.45, 7) is 3.03. The van der Waals surface area contributed by atoms with Gasteiger partial charge in [-0.05, 0) is 12.1 Å². The Balaban J connectivity index is 1.86. The topological polar surface area (TPSA) is 68.3 Å². The summed E-state index contributed by atoms with van der Waals surface area (Å²) in [4.78, 5) is 26.2. The molecule has 0 atom stereocenters. The minimum absolute atomic E-state index is 0.139. The minimum atomic E-state index is -0.353. The molecule has 0 radical (unpaired) electrons. The first-order chi connectivity index (χ1) is 11.2. The van der Waals surface area contributed by atoms with Gasteiger partial charge in [0.05, 0.1) is 20.8 Å². The molecule has 1 amide bonds. The van der Waals surface area contributed by atoms with Gasteiger partial charge in [-0.15, -0.1) is 0 Å². The molecule has 0 aromatic heterocycles. The molecule has 126 valence electrons. The number of piperazine rings is 1. The summed E-state index contributed by atoms with van der Waals surface area (Å²) in [5.74, 6) is 1.30. The van der Waals surface area contributed by atoms with E-state index in [1.165, 1.54) is 0 Å². The molecule has 0 bridgehead atoms. The van der Waals surface area contributed by atoms with Crippen molar-refractivity contribution in [3.8, 4) is 11.5 Å². The average molecular weight is 322 g/mol. The number of amides is 1. The molecular formula is C16H22N2O5. The smallest absolute Gasteiger partial charge is 0.410 e. The Morgan fingerprint density at radius 1 is 1.17 bits per heavy atom. The van der Waals surface area contributed by atoms with Gasteiger partial charge in [0.15, 0.2) is 0 Å². The van der Waals surface area contributed by atoms with Gasteiger partial charge in [0, 0.05) is 37.8 Å². The molecule has 1 heterocycles. The van der Waals surface area contributed by atoms with Crippen molar-refractivity contribution in [2.24, 2.45) is 0 Å². The van der Waals surface area contributed by atoms with E-state index < -0.39 is 0 Å². The third kappa shape index (κ3) is 4.59. The minimum Gasteiger partial charge on any atom is -0.497 e. The number of carbonyl (C=O) groups excluding carboxylic acids is 2. The maximum atomic E-state index is 12.1. The van der Waals surface area contributed by atoms with Crippen LogP contribution >= 0.6 is 0 Å². The molecule has 7 heteroatoms. The molecule has 1 aromatic carbocycles. The van der Waals surface area contributed by atoms with Gasteiger partial charge in [-0.1, -0.05) is 0 Å². The van der Waals surface area contributed by atoms with Gasteiger partial charge in [0.1, 0.15) is 24.4 Å². The summed E-state index contributed by atoms with van der Waals surface area (Å²) in [7, 11) is 3.14. The number of rotatable bonds is 6. The zero-order valence-corrected chi connectivity index (χ0v) is 13.5. The first kappa shape index (κ1) is 17.1. The van der Waals surface area contributed by atoms with E-state index in [1.54, 1.807) is 31.3 Å². The van der Waals surface area contributed by atoms with Gasteiger partial charge >= 0.3 is 6.09 Å². The van der Waals surface area contributed by atoms with Crippen LogP contribution in [0.3, 0.4) is 0 Å². The summed E-state index contributed by atoms with van der Waals surface area (Å²) in [6.07, 6.45) is 0.526. The van der Waals surface area contributed by atoms with Crippen LogP contribution in [0.4, 0.5) is 4.79 Å². The number of hydrogen-bond donors (Lipinski definition) is 0. The summed E-state index contributed by atoms with van der Waals surface area (Å²) in [5.41, 5.74) is 0.779. The van der Waals surface area contributed by atoms with E-state index >= 15 is 0 Å². The van der Waals surface area contributed by atoms with Gasteiger partial charge in [-0.3, -0.25) is 4.90 Å². The molecule has 0 N–H and O–H groups in total. The summed E-state index contributed by atoms with van der Waals surface area (Å²) >= 11 is 0. The van der Waals surface area contributed by atoms with E-state index in [4.69, 9.17) is 14.2 Å². The summed E-state index contributed by atoms with van der Waals surface area (Å²) in [6, 6.07) is 5.36. The van der Waals surface area contributed by atoms with Crippen molar-refractivity contribution in [1.29, 1.82) is 0 Å². The lowest BCUT2D eigenvalue weighted by Crippen LogP contribution is -2.49. The molecule has 0 unspecified atom stereocenters. The fourth-order valence-electron chi connectivity index (χ4n) is 2.42. The second-order valence-corrected chi connectivity index (χ2v) is 5.19. The van der Waals surface area contributed by atoms with Crippen LogP contribution in [0.25, 0.3) is 0 Å². The largest absolute Gasteiger partial charge is 0.497 e. The molecule has 7 nitrogen and oxygen atoms in total. The number of ether oxygens (including phenoxy) is 3. The average Bonchev–Trinajstić information content (AvgIpc) is 2.60. The van der Waals surface area contributed by atoms with Crippen molar-refractivity contribution < 1.29 is 23.8 Å². The Morgan fingerprint density at radius 2 is 1.91 bits per heavy atom. The van der Waals surface area contributed by atoms with Gasteiger partial charge in [-0.25, -0.2) is 4.79 Å². The molecular weight excluding hydrogens is 300 g/mol.